The van der Waals surface area contributed by atoms with E-state index in [-0.39, 0.29) is 11.1 Å². The number of likely N-dealkylation sites (N-methyl/N-ethyl adjacent to an activating group) is 1. The van der Waals surface area contributed by atoms with Gasteiger partial charge < -0.3 is 14.9 Å². The first-order valence-corrected chi connectivity index (χ1v) is 10.4. The van der Waals surface area contributed by atoms with Crippen molar-refractivity contribution >= 4 is 39.2 Å². The molecule has 1 aromatic carbocycles. The standard InChI is InChI=1S/C22H22ClFN6O/c1-28(2)13-4-5-30(11-13)14-7-15-17(23)8-18(26-22(15)25-9-14)16-6-12-10-29(3)27-20(12)19(24)21(16)31/h6-10,13,31H,4-5,11H2,1-3H3/t13-/m1/s1. The molecule has 4 aromatic rings. The van der Waals surface area contributed by atoms with E-state index in [1.165, 1.54) is 4.68 Å². The SMILES string of the molecule is CN(C)[C@@H]1CCN(c2cnc3nc(-c4cc5cn(C)nc5c(F)c4O)cc(Cl)c3c2)C1. The second kappa shape index (κ2) is 7.32. The molecule has 0 spiro atoms. The lowest BCUT2D eigenvalue weighted by atomic mass is 10.1. The molecule has 5 rings (SSSR count). The van der Waals surface area contributed by atoms with Crippen LogP contribution in [-0.2, 0) is 7.05 Å². The van der Waals surface area contributed by atoms with Gasteiger partial charge in [0.2, 0.25) is 0 Å². The normalized spacial score (nSPS) is 16.8. The summed E-state index contributed by atoms with van der Waals surface area (Å²) in [5, 5.41) is 16.2. The maximum absolute atomic E-state index is 14.7. The maximum Gasteiger partial charge on any atom is 0.193 e. The predicted molar refractivity (Wildman–Crippen MR) is 120 cm³/mol. The van der Waals surface area contributed by atoms with Crippen LogP contribution in [0.15, 0.2) is 30.6 Å². The van der Waals surface area contributed by atoms with Gasteiger partial charge in [-0.1, -0.05) is 11.6 Å². The van der Waals surface area contributed by atoms with Crippen LogP contribution in [-0.4, -0.2) is 63.0 Å². The van der Waals surface area contributed by atoms with E-state index < -0.39 is 11.6 Å². The van der Waals surface area contributed by atoms with Crippen LogP contribution in [0.5, 0.6) is 5.75 Å². The number of phenols is 1. The van der Waals surface area contributed by atoms with Crippen molar-refractivity contribution in [3.8, 4) is 17.0 Å². The van der Waals surface area contributed by atoms with Crippen LogP contribution in [0.3, 0.4) is 0 Å². The first kappa shape index (κ1) is 20.0. The number of halogens is 2. The van der Waals surface area contributed by atoms with Gasteiger partial charge in [-0.15, -0.1) is 0 Å². The van der Waals surface area contributed by atoms with Gasteiger partial charge in [-0.3, -0.25) is 4.68 Å². The number of hydrogen-bond acceptors (Lipinski definition) is 6. The molecule has 0 saturated carbocycles. The van der Waals surface area contributed by atoms with E-state index >= 15 is 0 Å². The summed E-state index contributed by atoms with van der Waals surface area (Å²) in [5.41, 5.74) is 2.16. The summed E-state index contributed by atoms with van der Waals surface area (Å²) in [6.07, 6.45) is 4.57. The third kappa shape index (κ3) is 3.36. The number of anilines is 1. The molecule has 3 aromatic heterocycles. The molecule has 1 fully saturated rings. The number of fused-ring (bicyclic) bond motifs is 2. The first-order chi connectivity index (χ1) is 14.8. The molecule has 7 nitrogen and oxygen atoms in total. The molecule has 0 unspecified atom stereocenters. The van der Waals surface area contributed by atoms with Gasteiger partial charge >= 0.3 is 0 Å². The topological polar surface area (TPSA) is 70.3 Å². The Morgan fingerprint density at radius 3 is 2.81 bits per heavy atom. The summed E-state index contributed by atoms with van der Waals surface area (Å²) < 4.78 is 16.2. The van der Waals surface area contributed by atoms with E-state index in [4.69, 9.17) is 11.6 Å². The van der Waals surface area contributed by atoms with Crippen LogP contribution in [0.1, 0.15) is 6.42 Å². The first-order valence-electron chi connectivity index (χ1n) is 10.0. The second-order valence-electron chi connectivity index (χ2n) is 8.23. The summed E-state index contributed by atoms with van der Waals surface area (Å²) in [5.74, 6) is -1.28. The molecule has 0 bridgehead atoms. The van der Waals surface area contributed by atoms with Gasteiger partial charge in [-0.2, -0.15) is 5.10 Å². The second-order valence-corrected chi connectivity index (χ2v) is 8.64. The number of aryl methyl sites for hydroxylation is 1. The fourth-order valence-corrected chi connectivity index (χ4v) is 4.44. The highest BCUT2D eigenvalue weighted by molar-refractivity contribution is 6.35. The van der Waals surface area contributed by atoms with Crippen molar-refractivity contribution < 1.29 is 9.50 Å². The van der Waals surface area contributed by atoms with Crippen molar-refractivity contribution in [1.82, 2.24) is 24.6 Å². The van der Waals surface area contributed by atoms with Gasteiger partial charge in [0, 0.05) is 48.7 Å². The van der Waals surface area contributed by atoms with Gasteiger partial charge in [0.05, 0.1) is 22.6 Å². The molecule has 1 saturated heterocycles. The van der Waals surface area contributed by atoms with E-state index in [1.807, 2.05) is 6.07 Å². The Kier molecular flexibility index (Phi) is 4.71. The van der Waals surface area contributed by atoms with Gasteiger partial charge in [0.1, 0.15) is 5.52 Å². The molecular weight excluding hydrogens is 419 g/mol. The van der Waals surface area contributed by atoms with E-state index in [0.29, 0.717) is 27.8 Å². The van der Waals surface area contributed by atoms with Crippen LogP contribution in [0.25, 0.3) is 33.2 Å². The summed E-state index contributed by atoms with van der Waals surface area (Å²) in [6, 6.07) is 5.79. The van der Waals surface area contributed by atoms with Crippen LogP contribution >= 0.6 is 11.6 Å². The Hall–Kier alpha value is -2.97. The van der Waals surface area contributed by atoms with Crippen LogP contribution in [0.4, 0.5) is 10.1 Å². The molecule has 1 N–H and O–H groups in total. The molecule has 1 aliphatic rings. The zero-order valence-corrected chi connectivity index (χ0v) is 18.2. The predicted octanol–water partition coefficient (Wildman–Crippen LogP) is 3.82. The Balaban J connectivity index is 1.57. The van der Waals surface area contributed by atoms with Crippen molar-refractivity contribution in [3.63, 3.8) is 0 Å². The van der Waals surface area contributed by atoms with Crippen LogP contribution < -0.4 is 4.90 Å². The summed E-state index contributed by atoms with van der Waals surface area (Å²) in [7, 11) is 5.89. The molecule has 160 valence electrons. The number of aromatic nitrogens is 4. The van der Waals surface area contributed by atoms with E-state index in [0.717, 1.165) is 30.6 Å². The smallest absolute Gasteiger partial charge is 0.193 e. The Bertz CT molecular complexity index is 1320. The van der Waals surface area contributed by atoms with Crippen molar-refractivity contribution in [3.05, 3.63) is 41.4 Å². The van der Waals surface area contributed by atoms with Gasteiger partial charge in [-0.05, 0) is 38.7 Å². The third-order valence-corrected chi connectivity index (χ3v) is 6.27. The zero-order chi connectivity index (χ0) is 21.9. The number of aromatic hydroxyl groups is 1. The lowest BCUT2D eigenvalue weighted by Gasteiger charge is -2.22. The molecule has 31 heavy (non-hydrogen) atoms. The summed E-state index contributed by atoms with van der Waals surface area (Å²) >= 11 is 6.59. The molecule has 0 radical (unpaired) electrons. The van der Waals surface area contributed by atoms with Crippen molar-refractivity contribution in [1.29, 1.82) is 0 Å². The Labute approximate surface area is 183 Å². The van der Waals surface area contributed by atoms with E-state index in [2.05, 4.69) is 39.0 Å². The van der Waals surface area contributed by atoms with Crippen LogP contribution in [0, 0.1) is 5.82 Å². The number of rotatable bonds is 3. The average molecular weight is 441 g/mol. The number of pyridine rings is 2. The van der Waals surface area contributed by atoms with Crippen molar-refractivity contribution in [2.45, 2.75) is 12.5 Å². The average Bonchev–Trinajstić information content (AvgIpc) is 3.37. The number of hydrogen-bond donors (Lipinski definition) is 1. The minimum absolute atomic E-state index is 0.111. The molecule has 1 aliphatic heterocycles. The fourth-order valence-electron chi connectivity index (χ4n) is 4.20. The van der Waals surface area contributed by atoms with Crippen molar-refractivity contribution in [2.24, 2.45) is 7.05 Å². The largest absolute Gasteiger partial charge is 0.504 e. The van der Waals surface area contributed by atoms with Crippen molar-refractivity contribution in [2.75, 3.05) is 32.1 Å². The van der Waals surface area contributed by atoms with Gasteiger partial charge in [0.25, 0.3) is 0 Å². The lowest BCUT2D eigenvalue weighted by Crippen LogP contribution is -2.31. The maximum atomic E-state index is 14.7. The monoisotopic (exact) mass is 440 g/mol. The minimum Gasteiger partial charge on any atom is -0.504 e. The zero-order valence-electron chi connectivity index (χ0n) is 17.5. The number of benzene rings is 1. The Morgan fingerprint density at radius 1 is 1.26 bits per heavy atom. The number of phenolic OH excluding ortho intramolecular Hbond substituents is 1. The molecule has 0 amide bonds. The lowest BCUT2D eigenvalue weighted by molar-refractivity contribution is 0.315. The molecule has 0 aliphatic carbocycles. The fraction of sp³-hybridized carbons (Fsp3) is 0.318. The molecule has 4 heterocycles. The van der Waals surface area contributed by atoms with Gasteiger partial charge in [-0.25, -0.2) is 14.4 Å². The summed E-state index contributed by atoms with van der Waals surface area (Å²) in [4.78, 5) is 13.6. The highest BCUT2D eigenvalue weighted by atomic mass is 35.5. The van der Waals surface area contributed by atoms with Gasteiger partial charge in [0.15, 0.2) is 17.2 Å². The number of nitrogens with zero attached hydrogens (tertiary/aromatic N) is 6. The van der Waals surface area contributed by atoms with E-state index in [1.54, 1.807) is 31.6 Å². The minimum atomic E-state index is -0.779. The van der Waals surface area contributed by atoms with Crippen LogP contribution in [0.2, 0.25) is 5.02 Å². The quantitative estimate of drug-likeness (QED) is 0.522. The highest BCUT2D eigenvalue weighted by Gasteiger charge is 2.25. The highest BCUT2D eigenvalue weighted by Crippen LogP contribution is 2.38. The summed E-state index contributed by atoms with van der Waals surface area (Å²) in [6.45, 7) is 1.89. The molecular formula is C22H22ClFN6O. The van der Waals surface area contributed by atoms with E-state index in [9.17, 15) is 9.50 Å². The molecule has 1 atom stereocenters. The molecule has 9 heteroatoms. The third-order valence-electron chi connectivity index (χ3n) is 5.96. The Morgan fingerprint density at radius 2 is 2.06 bits per heavy atom.